The highest BCUT2D eigenvalue weighted by atomic mass is 16.2. The normalized spacial score (nSPS) is 9.56. The van der Waals surface area contributed by atoms with Gasteiger partial charge in [0.1, 0.15) is 0 Å². The lowest BCUT2D eigenvalue weighted by atomic mass is 10.5. The summed E-state index contributed by atoms with van der Waals surface area (Å²) in [4.78, 5) is 10.4. The monoisotopic (exact) mass is 128 g/mol. The molecule has 3 heteroatoms. The highest BCUT2D eigenvalue weighted by Crippen LogP contribution is 1.74. The van der Waals surface area contributed by atoms with Gasteiger partial charge in [-0.05, 0) is 6.42 Å². The van der Waals surface area contributed by atoms with E-state index in [9.17, 15) is 4.79 Å². The summed E-state index contributed by atoms with van der Waals surface area (Å²) in [6.07, 6.45) is 4.43. The minimum absolute atomic E-state index is 0.181. The summed E-state index contributed by atoms with van der Waals surface area (Å²) in [6, 6.07) is -0.181. The number of nitrogens with one attached hydrogen (secondary N) is 2. The molecule has 52 valence electrons. The van der Waals surface area contributed by atoms with Gasteiger partial charge in [-0.2, -0.15) is 0 Å². The van der Waals surface area contributed by atoms with Gasteiger partial charge in [-0.3, -0.25) is 0 Å². The highest BCUT2D eigenvalue weighted by Gasteiger charge is 1.85. The van der Waals surface area contributed by atoms with Crippen LogP contribution in [-0.4, -0.2) is 13.1 Å². The van der Waals surface area contributed by atoms with Crippen molar-refractivity contribution < 1.29 is 4.79 Å². The van der Waals surface area contributed by atoms with Crippen molar-refractivity contribution in [1.29, 1.82) is 0 Å². The quantitative estimate of drug-likeness (QED) is 0.568. The minimum Gasteiger partial charge on any atom is -0.341 e. The molecule has 0 bridgehead atoms. The van der Waals surface area contributed by atoms with Crippen molar-refractivity contribution in [2.24, 2.45) is 0 Å². The van der Waals surface area contributed by atoms with E-state index in [2.05, 4.69) is 10.6 Å². The van der Waals surface area contributed by atoms with Crippen molar-refractivity contribution in [2.75, 3.05) is 7.05 Å². The fourth-order valence-electron chi connectivity index (χ4n) is 0.325. The number of allylic oxidation sites excluding steroid dienone is 1. The van der Waals surface area contributed by atoms with Gasteiger partial charge in [0, 0.05) is 13.2 Å². The molecular weight excluding hydrogens is 116 g/mol. The lowest BCUT2D eigenvalue weighted by Gasteiger charge is -1.94. The second-order valence-corrected chi connectivity index (χ2v) is 1.53. The summed E-state index contributed by atoms with van der Waals surface area (Å²) in [6.45, 7) is 2.00. The van der Waals surface area contributed by atoms with Gasteiger partial charge in [0.05, 0.1) is 0 Å². The molecule has 0 aromatic rings. The molecule has 0 aliphatic carbocycles. The molecule has 0 aliphatic heterocycles. The van der Waals surface area contributed by atoms with Gasteiger partial charge < -0.3 is 10.6 Å². The van der Waals surface area contributed by atoms with Crippen LogP contribution in [0, 0.1) is 0 Å². The van der Waals surface area contributed by atoms with Gasteiger partial charge in [-0.25, -0.2) is 4.79 Å². The third-order valence-corrected chi connectivity index (χ3v) is 0.795. The van der Waals surface area contributed by atoms with E-state index in [1.807, 2.05) is 13.0 Å². The summed E-state index contributed by atoms with van der Waals surface area (Å²) >= 11 is 0. The first-order valence-corrected chi connectivity index (χ1v) is 2.94. The number of amides is 2. The molecule has 0 aromatic heterocycles. The smallest absolute Gasteiger partial charge is 0.318 e. The van der Waals surface area contributed by atoms with E-state index in [-0.39, 0.29) is 6.03 Å². The topological polar surface area (TPSA) is 41.1 Å². The van der Waals surface area contributed by atoms with E-state index < -0.39 is 0 Å². The zero-order chi connectivity index (χ0) is 7.11. The summed E-state index contributed by atoms with van der Waals surface area (Å²) in [5.41, 5.74) is 0. The second kappa shape index (κ2) is 5.15. The van der Waals surface area contributed by atoms with Gasteiger partial charge >= 0.3 is 6.03 Å². The van der Waals surface area contributed by atoms with Crippen LogP contribution in [0.1, 0.15) is 13.3 Å². The van der Waals surface area contributed by atoms with Crippen LogP contribution in [0.15, 0.2) is 12.3 Å². The van der Waals surface area contributed by atoms with E-state index in [1.54, 1.807) is 13.2 Å². The van der Waals surface area contributed by atoms with Crippen LogP contribution in [0.25, 0.3) is 0 Å². The Bertz CT molecular complexity index is 110. The van der Waals surface area contributed by atoms with Crippen molar-refractivity contribution in [3.63, 3.8) is 0 Å². The van der Waals surface area contributed by atoms with E-state index >= 15 is 0 Å². The average Bonchev–Trinajstić information content (AvgIpc) is 1.89. The molecule has 9 heavy (non-hydrogen) atoms. The lowest BCUT2D eigenvalue weighted by molar-refractivity contribution is 0.246. The number of carbonyl (C=O) groups is 1. The SMILES string of the molecule is CC/C=C/NC(=O)NC. The van der Waals surface area contributed by atoms with Crippen LogP contribution in [-0.2, 0) is 0 Å². The highest BCUT2D eigenvalue weighted by molar-refractivity contribution is 5.74. The number of rotatable bonds is 2. The lowest BCUT2D eigenvalue weighted by Crippen LogP contribution is -2.28. The van der Waals surface area contributed by atoms with Crippen LogP contribution in [0.4, 0.5) is 4.79 Å². The molecule has 0 unspecified atom stereocenters. The van der Waals surface area contributed by atoms with Crippen LogP contribution in [0.5, 0.6) is 0 Å². The molecule has 0 radical (unpaired) electrons. The summed E-state index contributed by atoms with van der Waals surface area (Å²) in [5, 5.41) is 4.93. The van der Waals surface area contributed by atoms with Crippen molar-refractivity contribution >= 4 is 6.03 Å². The molecule has 0 fully saturated rings. The maximum absolute atomic E-state index is 10.4. The Morgan fingerprint density at radius 2 is 2.33 bits per heavy atom. The van der Waals surface area contributed by atoms with Crippen molar-refractivity contribution in [1.82, 2.24) is 10.6 Å². The third kappa shape index (κ3) is 4.87. The van der Waals surface area contributed by atoms with E-state index in [1.165, 1.54) is 0 Å². The molecule has 0 atom stereocenters. The molecule has 0 aromatic carbocycles. The molecule has 2 amide bonds. The van der Waals surface area contributed by atoms with Gasteiger partial charge in [0.25, 0.3) is 0 Å². The van der Waals surface area contributed by atoms with Crippen LogP contribution < -0.4 is 10.6 Å². The fourth-order valence-corrected chi connectivity index (χ4v) is 0.325. The third-order valence-electron chi connectivity index (χ3n) is 0.795. The van der Waals surface area contributed by atoms with Gasteiger partial charge in [0.15, 0.2) is 0 Å². The summed E-state index contributed by atoms with van der Waals surface area (Å²) in [7, 11) is 1.58. The standard InChI is InChI=1S/C6H12N2O/c1-3-4-5-8-6(9)7-2/h4-5H,3H2,1-2H3,(H2,7,8,9)/b5-4+. The molecule has 2 N–H and O–H groups in total. The Morgan fingerprint density at radius 1 is 1.67 bits per heavy atom. The maximum Gasteiger partial charge on any atom is 0.318 e. The first kappa shape index (κ1) is 8.01. The number of hydrogen-bond donors (Lipinski definition) is 2. The Morgan fingerprint density at radius 3 is 2.78 bits per heavy atom. The zero-order valence-electron chi connectivity index (χ0n) is 5.77. The van der Waals surface area contributed by atoms with Crippen molar-refractivity contribution in [3.05, 3.63) is 12.3 Å². The van der Waals surface area contributed by atoms with Gasteiger partial charge in [0.2, 0.25) is 0 Å². The number of carbonyl (C=O) groups excluding carboxylic acids is 1. The Hall–Kier alpha value is -0.990. The van der Waals surface area contributed by atoms with Crippen molar-refractivity contribution in [3.8, 4) is 0 Å². The molecule has 0 aliphatic rings. The predicted octanol–water partition coefficient (Wildman–Crippen LogP) is 0.839. The number of hydrogen-bond acceptors (Lipinski definition) is 1. The zero-order valence-corrected chi connectivity index (χ0v) is 5.77. The Labute approximate surface area is 55.1 Å². The van der Waals surface area contributed by atoms with Gasteiger partial charge in [-0.1, -0.05) is 13.0 Å². The average molecular weight is 128 g/mol. The molecule has 0 rings (SSSR count). The van der Waals surface area contributed by atoms with Gasteiger partial charge in [-0.15, -0.1) is 0 Å². The maximum atomic E-state index is 10.4. The second-order valence-electron chi connectivity index (χ2n) is 1.53. The molecule has 0 spiro atoms. The molecule has 3 nitrogen and oxygen atoms in total. The summed E-state index contributed by atoms with van der Waals surface area (Å²) < 4.78 is 0. The summed E-state index contributed by atoms with van der Waals surface area (Å²) in [5.74, 6) is 0. The van der Waals surface area contributed by atoms with Crippen LogP contribution in [0.3, 0.4) is 0 Å². The Kier molecular flexibility index (Phi) is 4.59. The van der Waals surface area contributed by atoms with Crippen LogP contribution in [0.2, 0.25) is 0 Å². The van der Waals surface area contributed by atoms with E-state index in [0.29, 0.717) is 0 Å². The predicted molar refractivity (Wildman–Crippen MR) is 37.0 cm³/mol. The van der Waals surface area contributed by atoms with E-state index in [0.717, 1.165) is 6.42 Å². The first-order valence-electron chi connectivity index (χ1n) is 2.94. The molecule has 0 saturated carbocycles. The number of urea groups is 1. The Balaban J connectivity index is 3.26. The molecule has 0 saturated heterocycles. The minimum atomic E-state index is -0.181. The first-order chi connectivity index (χ1) is 4.31. The molecule has 0 heterocycles. The largest absolute Gasteiger partial charge is 0.341 e. The fraction of sp³-hybridized carbons (Fsp3) is 0.500. The van der Waals surface area contributed by atoms with Crippen LogP contribution >= 0.6 is 0 Å². The molecular formula is C6H12N2O. The van der Waals surface area contributed by atoms with E-state index in [4.69, 9.17) is 0 Å². The van der Waals surface area contributed by atoms with Crippen molar-refractivity contribution in [2.45, 2.75) is 13.3 Å².